The first-order valence-electron chi connectivity index (χ1n) is 6.67. The predicted octanol–water partition coefficient (Wildman–Crippen LogP) is 0.908. The topological polar surface area (TPSA) is 160 Å². The number of hydrogen-bond acceptors (Lipinski definition) is 8. The van der Waals surface area contributed by atoms with Gasteiger partial charge in [0.25, 0.3) is 0 Å². The van der Waals surface area contributed by atoms with Crippen LogP contribution in [0.25, 0.3) is 0 Å². The van der Waals surface area contributed by atoms with Crippen molar-refractivity contribution in [1.29, 1.82) is 0 Å². The Balaban J connectivity index is 2.68. The standard InChI is InChI=1S/C13H16N4O7/c1-13(16(19)20,17(21)22)7-6-11(18)24-15-12(14)9-4-3-5-10(8-9)23-2/h3-5,8H,6-7H2,1-2H3,(H2,14,15). The van der Waals surface area contributed by atoms with E-state index >= 15 is 0 Å². The molecule has 0 saturated carbocycles. The highest BCUT2D eigenvalue weighted by Crippen LogP contribution is 2.18. The van der Waals surface area contributed by atoms with Gasteiger partial charge in [-0.15, -0.1) is 0 Å². The van der Waals surface area contributed by atoms with E-state index in [1.807, 2.05) is 0 Å². The zero-order valence-corrected chi connectivity index (χ0v) is 13.0. The highest BCUT2D eigenvalue weighted by Gasteiger charge is 2.50. The van der Waals surface area contributed by atoms with Gasteiger partial charge in [0.15, 0.2) is 5.84 Å². The van der Waals surface area contributed by atoms with Gasteiger partial charge in [-0.2, -0.15) is 0 Å². The summed E-state index contributed by atoms with van der Waals surface area (Å²) in [5.74, 6) is -0.575. The lowest BCUT2D eigenvalue weighted by Crippen LogP contribution is -2.43. The number of oxime groups is 1. The van der Waals surface area contributed by atoms with E-state index in [-0.39, 0.29) is 5.84 Å². The third-order valence-corrected chi connectivity index (χ3v) is 3.20. The van der Waals surface area contributed by atoms with Crippen LogP contribution in [0.3, 0.4) is 0 Å². The third-order valence-electron chi connectivity index (χ3n) is 3.20. The number of hydrogen-bond donors (Lipinski definition) is 1. The molecule has 0 unspecified atom stereocenters. The van der Waals surface area contributed by atoms with E-state index in [2.05, 4.69) is 9.99 Å². The Kier molecular flexibility index (Phi) is 6.15. The molecule has 0 amide bonds. The number of methoxy groups -OCH3 is 1. The van der Waals surface area contributed by atoms with Crippen molar-refractivity contribution in [3.8, 4) is 5.75 Å². The molecule has 0 aliphatic heterocycles. The summed E-state index contributed by atoms with van der Waals surface area (Å²) in [7, 11) is 1.47. The number of ether oxygens (including phenoxy) is 1. The molecule has 0 bridgehead atoms. The van der Waals surface area contributed by atoms with Crippen LogP contribution in [-0.2, 0) is 9.63 Å². The van der Waals surface area contributed by atoms with Crippen molar-refractivity contribution in [1.82, 2.24) is 0 Å². The number of carbonyl (C=O) groups is 1. The van der Waals surface area contributed by atoms with Crippen molar-refractivity contribution >= 4 is 11.8 Å². The number of nitrogens with two attached hydrogens (primary N) is 1. The molecule has 11 heteroatoms. The van der Waals surface area contributed by atoms with E-state index in [0.717, 1.165) is 6.92 Å². The van der Waals surface area contributed by atoms with Gasteiger partial charge in [0.2, 0.25) is 0 Å². The van der Waals surface area contributed by atoms with Gasteiger partial charge in [0.1, 0.15) is 5.75 Å². The molecule has 0 fully saturated rings. The molecule has 1 aromatic rings. The SMILES string of the molecule is COc1cccc(/C(N)=N/OC(=O)CCC(C)([N+](=O)[O-])[N+](=O)[O-])c1. The highest BCUT2D eigenvalue weighted by molar-refractivity contribution is 5.97. The minimum Gasteiger partial charge on any atom is -0.497 e. The van der Waals surface area contributed by atoms with Gasteiger partial charge in [-0.1, -0.05) is 17.3 Å². The number of nitrogens with zero attached hydrogens (tertiary/aromatic N) is 3. The van der Waals surface area contributed by atoms with Gasteiger partial charge in [-0.25, -0.2) is 4.79 Å². The molecule has 0 atom stereocenters. The Bertz CT molecular complexity index is 660. The molecule has 0 radical (unpaired) electrons. The molecule has 24 heavy (non-hydrogen) atoms. The zero-order valence-electron chi connectivity index (χ0n) is 13.0. The lowest BCUT2D eigenvalue weighted by Gasteiger charge is -2.11. The highest BCUT2D eigenvalue weighted by atomic mass is 16.7. The molecule has 11 nitrogen and oxygen atoms in total. The van der Waals surface area contributed by atoms with E-state index < -0.39 is 34.3 Å². The summed E-state index contributed by atoms with van der Waals surface area (Å²) < 4.78 is 5.01. The van der Waals surface area contributed by atoms with Crippen LogP contribution >= 0.6 is 0 Å². The molecule has 0 saturated heterocycles. The molecule has 0 spiro atoms. The molecule has 0 heterocycles. The Labute approximate surface area is 136 Å². The van der Waals surface area contributed by atoms with E-state index in [0.29, 0.717) is 11.3 Å². The minimum absolute atomic E-state index is 0.117. The molecule has 1 rings (SSSR count). The van der Waals surface area contributed by atoms with Gasteiger partial charge < -0.3 is 15.3 Å². The Hall–Kier alpha value is -3.24. The molecule has 0 aliphatic rings. The van der Waals surface area contributed by atoms with Crippen LogP contribution in [-0.4, -0.2) is 34.4 Å². The van der Waals surface area contributed by atoms with E-state index in [9.17, 15) is 25.0 Å². The quantitative estimate of drug-likeness (QED) is 0.182. The molecule has 0 aliphatic carbocycles. The second-order valence-electron chi connectivity index (χ2n) is 4.90. The van der Waals surface area contributed by atoms with Crippen LogP contribution in [0.4, 0.5) is 0 Å². The Morgan fingerprint density at radius 1 is 1.33 bits per heavy atom. The molecule has 1 aromatic carbocycles. The van der Waals surface area contributed by atoms with E-state index in [1.165, 1.54) is 7.11 Å². The predicted molar refractivity (Wildman–Crippen MR) is 81.4 cm³/mol. The monoisotopic (exact) mass is 340 g/mol. The number of rotatable bonds is 8. The van der Waals surface area contributed by atoms with Crippen molar-refractivity contribution in [3.05, 3.63) is 50.1 Å². The first-order chi connectivity index (χ1) is 11.2. The summed E-state index contributed by atoms with van der Waals surface area (Å²) in [5.41, 5.74) is 3.61. The van der Waals surface area contributed by atoms with Crippen molar-refractivity contribution < 1.29 is 24.2 Å². The van der Waals surface area contributed by atoms with Gasteiger partial charge in [-0.3, -0.25) is 20.2 Å². The molecular formula is C13H16N4O7. The molecule has 0 aromatic heterocycles. The Morgan fingerprint density at radius 2 is 1.96 bits per heavy atom. The summed E-state index contributed by atoms with van der Waals surface area (Å²) >= 11 is 0. The smallest absolute Gasteiger partial charge is 0.456 e. The third kappa shape index (κ3) is 4.63. The average molecular weight is 340 g/mol. The lowest BCUT2D eigenvalue weighted by atomic mass is 10.1. The lowest BCUT2D eigenvalue weighted by molar-refractivity contribution is -0.792. The summed E-state index contributed by atoms with van der Waals surface area (Å²) in [5, 5.41) is 24.9. The number of amidine groups is 1. The van der Waals surface area contributed by atoms with Crippen LogP contribution in [0.2, 0.25) is 0 Å². The average Bonchev–Trinajstić information content (AvgIpc) is 2.56. The second-order valence-corrected chi connectivity index (χ2v) is 4.90. The van der Waals surface area contributed by atoms with Crippen LogP contribution in [0.1, 0.15) is 25.3 Å². The van der Waals surface area contributed by atoms with Gasteiger partial charge in [-0.05, 0) is 12.1 Å². The van der Waals surface area contributed by atoms with Crippen molar-refractivity contribution in [2.45, 2.75) is 25.4 Å². The fourth-order valence-electron chi connectivity index (χ4n) is 1.57. The summed E-state index contributed by atoms with van der Waals surface area (Å²) in [6, 6.07) is 6.49. The van der Waals surface area contributed by atoms with Gasteiger partial charge >= 0.3 is 11.6 Å². The van der Waals surface area contributed by atoms with Crippen molar-refractivity contribution in [3.63, 3.8) is 0 Å². The van der Waals surface area contributed by atoms with E-state index in [4.69, 9.17) is 10.5 Å². The first-order valence-corrected chi connectivity index (χ1v) is 6.67. The summed E-state index contributed by atoms with van der Waals surface area (Å²) in [6.07, 6.45) is -1.20. The van der Waals surface area contributed by atoms with Gasteiger partial charge in [0, 0.05) is 5.56 Å². The minimum atomic E-state index is -2.47. The molecule has 130 valence electrons. The van der Waals surface area contributed by atoms with Crippen LogP contribution in [0.5, 0.6) is 5.75 Å². The fraction of sp³-hybridized carbons (Fsp3) is 0.385. The molecular weight excluding hydrogens is 324 g/mol. The summed E-state index contributed by atoms with van der Waals surface area (Å²) in [4.78, 5) is 35.4. The largest absolute Gasteiger partial charge is 0.497 e. The second kappa shape index (κ2) is 7.85. The molecule has 2 N–H and O–H groups in total. The zero-order chi connectivity index (χ0) is 18.3. The summed E-state index contributed by atoms with van der Waals surface area (Å²) in [6.45, 7) is 0.814. The number of carbonyl (C=O) groups excluding carboxylic acids is 1. The number of benzene rings is 1. The Morgan fingerprint density at radius 3 is 2.50 bits per heavy atom. The van der Waals surface area contributed by atoms with Crippen molar-refractivity contribution in [2.24, 2.45) is 10.9 Å². The van der Waals surface area contributed by atoms with Crippen molar-refractivity contribution in [2.75, 3.05) is 7.11 Å². The van der Waals surface area contributed by atoms with E-state index in [1.54, 1.807) is 24.3 Å². The maximum Gasteiger partial charge on any atom is 0.456 e. The normalized spacial score (nSPS) is 11.7. The van der Waals surface area contributed by atoms with Gasteiger partial charge in [0.05, 0.1) is 36.7 Å². The fourth-order valence-corrected chi connectivity index (χ4v) is 1.57. The van der Waals surface area contributed by atoms with Crippen LogP contribution in [0.15, 0.2) is 29.4 Å². The van der Waals surface area contributed by atoms with Crippen LogP contribution < -0.4 is 10.5 Å². The first kappa shape index (κ1) is 18.8. The maximum absolute atomic E-state index is 11.5. The maximum atomic E-state index is 11.5. The van der Waals surface area contributed by atoms with Crippen LogP contribution in [0, 0.1) is 20.2 Å². The number of nitro groups is 2.